The van der Waals surface area contributed by atoms with Crippen LogP contribution < -0.4 is 0 Å². The highest BCUT2D eigenvalue weighted by atomic mass is 79.9. The fourth-order valence-corrected chi connectivity index (χ4v) is 2.40. The summed E-state index contributed by atoms with van der Waals surface area (Å²) in [5.41, 5.74) is 1.47. The first-order chi connectivity index (χ1) is 8.59. The Balaban J connectivity index is 2.28. The van der Waals surface area contributed by atoms with E-state index in [-0.39, 0.29) is 11.7 Å². The maximum absolute atomic E-state index is 13.0. The van der Waals surface area contributed by atoms with Crippen LogP contribution in [0.5, 0.6) is 0 Å². The second-order valence-electron chi connectivity index (χ2n) is 4.15. The number of aliphatic hydroxyl groups excluding tert-OH is 1. The van der Waals surface area contributed by atoms with Crippen LogP contribution in [0.3, 0.4) is 0 Å². The molecule has 1 aromatic carbocycles. The lowest BCUT2D eigenvalue weighted by molar-refractivity contribution is 0.149. The van der Waals surface area contributed by atoms with Gasteiger partial charge in [0.05, 0.1) is 6.10 Å². The normalized spacial score (nSPS) is 14.2. The number of aromatic nitrogens is 1. The molecular formula is C14H13BrFNO. The van der Waals surface area contributed by atoms with E-state index in [0.717, 1.165) is 5.69 Å². The van der Waals surface area contributed by atoms with E-state index in [9.17, 15) is 9.50 Å². The van der Waals surface area contributed by atoms with Gasteiger partial charge in [0.15, 0.2) is 0 Å². The molecule has 4 heteroatoms. The number of hydrogen-bond acceptors (Lipinski definition) is 2. The summed E-state index contributed by atoms with van der Waals surface area (Å²) in [7, 11) is 0. The van der Waals surface area contributed by atoms with Crippen LogP contribution in [0.25, 0.3) is 0 Å². The maximum atomic E-state index is 13.0. The number of pyridine rings is 1. The van der Waals surface area contributed by atoms with E-state index < -0.39 is 6.10 Å². The van der Waals surface area contributed by atoms with Crippen molar-refractivity contribution in [3.8, 4) is 0 Å². The molecule has 0 fully saturated rings. The Bertz CT molecular complexity index is 533. The topological polar surface area (TPSA) is 33.1 Å². The Morgan fingerprint density at radius 3 is 2.67 bits per heavy atom. The van der Waals surface area contributed by atoms with Gasteiger partial charge in [-0.25, -0.2) is 4.39 Å². The molecule has 0 saturated carbocycles. The largest absolute Gasteiger partial charge is 0.388 e. The molecule has 2 nitrogen and oxygen atoms in total. The Kier molecular flexibility index (Phi) is 4.09. The summed E-state index contributed by atoms with van der Waals surface area (Å²) in [4.78, 5) is 4.22. The van der Waals surface area contributed by atoms with Crippen molar-refractivity contribution in [3.63, 3.8) is 0 Å². The molecule has 2 atom stereocenters. The van der Waals surface area contributed by atoms with E-state index in [4.69, 9.17) is 0 Å². The summed E-state index contributed by atoms with van der Waals surface area (Å²) in [6, 6.07) is 9.86. The fourth-order valence-electron chi connectivity index (χ4n) is 1.82. The lowest BCUT2D eigenvalue weighted by Crippen LogP contribution is -2.09. The van der Waals surface area contributed by atoms with Crippen molar-refractivity contribution in [1.82, 2.24) is 4.98 Å². The number of aliphatic hydroxyl groups is 1. The monoisotopic (exact) mass is 309 g/mol. The first-order valence-corrected chi connectivity index (χ1v) is 6.43. The highest BCUT2D eigenvalue weighted by Crippen LogP contribution is 2.33. The lowest BCUT2D eigenvalue weighted by atomic mass is 9.94. The molecule has 0 aliphatic rings. The van der Waals surface area contributed by atoms with Gasteiger partial charge in [-0.15, -0.1) is 0 Å². The molecule has 2 aromatic rings. The number of rotatable bonds is 3. The van der Waals surface area contributed by atoms with Crippen molar-refractivity contribution in [2.24, 2.45) is 0 Å². The highest BCUT2D eigenvalue weighted by molar-refractivity contribution is 9.10. The standard InChI is InChI=1S/C14H13BrFNO/c1-9(13-4-2-3-7-17-13)14(18)11-6-5-10(16)8-12(11)15/h2-9,14,18H,1H3. The summed E-state index contributed by atoms with van der Waals surface area (Å²) in [5, 5.41) is 10.3. The molecule has 2 rings (SSSR count). The third kappa shape index (κ3) is 2.76. The van der Waals surface area contributed by atoms with Crippen molar-refractivity contribution in [1.29, 1.82) is 0 Å². The van der Waals surface area contributed by atoms with E-state index in [1.807, 2.05) is 25.1 Å². The second-order valence-corrected chi connectivity index (χ2v) is 5.01. The van der Waals surface area contributed by atoms with E-state index in [1.165, 1.54) is 12.1 Å². The van der Waals surface area contributed by atoms with Gasteiger partial charge in [0, 0.05) is 22.3 Å². The van der Waals surface area contributed by atoms with Gasteiger partial charge in [-0.1, -0.05) is 35.0 Å². The van der Waals surface area contributed by atoms with Gasteiger partial charge in [-0.2, -0.15) is 0 Å². The predicted octanol–water partition coefficient (Wildman–Crippen LogP) is 3.82. The van der Waals surface area contributed by atoms with Gasteiger partial charge < -0.3 is 5.11 Å². The SMILES string of the molecule is CC(c1ccccn1)C(O)c1ccc(F)cc1Br. The molecular weight excluding hydrogens is 297 g/mol. The van der Waals surface area contributed by atoms with Crippen LogP contribution in [-0.4, -0.2) is 10.1 Å². The lowest BCUT2D eigenvalue weighted by Gasteiger charge is -2.19. The smallest absolute Gasteiger partial charge is 0.124 e. The molecule has 0 spiro atoms. The van der Waals surface area contributed by atoms with E-state index >= 15 is 0 Å². The zero-order chi connectivity index (χ0) is 13.1. The number of hydrogen-bond donors (Lipinski definition) is 1. The zero-order valence-corrected chi connectivity index (χ0v) is 11.4. The highest BCUT2D eigenvalue weighted by Gasteiger charge is 2.21. The van der Waals surface area contributed by atoms with Crippen LogP contribution in [0.15, 0.2) is 47.1 Å². The summed E-state index contributed by atoms with van der Waals surface area (Å²) in [6.45, 7) is 1.89. The average Bonchev–Trinajstić information content (AvgIpc) is 2.38. The molecule has 94 valence electrons. The third-order valence-electron chi connectivity index (χ3n) is 2.91. The van der Waals surface area contributed by atoms with Gasteiger partial charge in [0.25, 0.3) is 0 Å². The van der Waals surface area contributed by atoms with Crippen molar-refractivity contribution in [2.75, 3.05) is 0 Å². The average molecular weight is 310 g/mol. The molecule has 0 saturated heterocycles. The van der Waals surface area contributed by atoms with Gasteiger partial charge in [-0.05, 0) is 29.8 Å². The zero-order valence-electron chi connectivity index (χ0n) is 9.85. The molecule has 1 aromatic heterocycles. The first kappa shape index (κ1) is 13.2. The minimum Gasteiger partial charge on any atom is -0.388 e. The minimum absolute atomic E-state index is 0.159. The van der Waals surface area contributed by atoms with Crippen molar-refractivity contribution >= 4 is 15.9 Å². The summed E-state index contributed by atoms with van der Waals surface area (Å²) in [5.74, 6) is -0.490. The maximum Gasteiger partial charge on any atom is 0.124 e. The fraction of sp³-hybridized carbons (Fsp3) is 0.214. The Labute approximate surface area is 114 Å². The van der Waals surface area contributed by atoms with Gasteiger partial charge in [0.1, 0.15) is 5.82 Å². The number of nitrogens with zero attached hydrogens (tertiary/aromatic N) is 1. The molecule has 18 heavy (non-hydrogen) atoms. The molecule has 0 bridgehead atoms. The van der Waals surface area contributed by atoms with Crippen LogP contribution in [0.1, 0.15) is 30.2 Å². The van der Waals surface area contributed by atoms with Crippen LogP contribution >= 0.6 is 15.9 Å². The first-order valence-electron chi connectivity index (χ1n) is 5.63. The number of halogens is 2. The molecule has 0 aliphatic carbocycles. The molecule has 2 unspecified atom stereocenters. The third-order valence-corrected chi connectivity index (χ3v) is 3.60. The molecule has 0 radical (unpaired) electrons. The van der Waals surface area contributed by atoms with Gasteiger partial charge in [-0.3, -0.25) is 4.98 Å². The summed E-state index contributed by atoms with van der Waals surface area (Å²) < 4.78 is 13.6. The molecule has 0 amide bonds. The van der Waals surface area contributed by atoms with E-state index in [1.54, 1.807) is 12.3 Å². The quantitative estimate of drug-likeness (QED) is 0.935. The van der Waals surface area contributed by atoms with Crippen LogP contribution in [0, 0.1) is 5.82 Å². The van der Waals surface area contributed by atoms with Crippen LogP contribution in [0.2, 0.25) is 0 Å². The van der Waals surface area contributed by atoms with E-state index in [0.29, 0.717) is 10.0 Å². The predicted molar refractivity (Wildman–Crippen MR) is 71.7 cm³/mol. The van der Waals surface area contributed by atoms with Crippen LogP contribution in [0.4, 0.5) is 4.39 Å². The van der Waals surface area contributed by atoms with Crippen molar-refractivity contribution in [3.05, 3.63) is 64.1 Å². The van der Waals surface area contributed by atoms with Crippen molar-refractivity contribution < 1.29 is 9.50 Å². The number of benzene rings is 1. The molecule has 0 aliphatic heterocycles. The Hall–Kier alpha value is -1.26. The molecule has 1 N–H and O–H groups in total. The Morgan fingerprint density at radius 1 is 1.28 bits per heavy atom. The minimum atomic E-state index is -0.727. The summed E-state index contributed by atoms with van der Waals surface area (Å²) in [6.07, 6.45) is 0.966. The van der Waals surface area contributed by atoms with E-state index in [2.05, 4.69) is 20.9 Å². The summed E-state index contributed by atoms with van der Waals surface area (Å²) >= 11 is 3.27. The Morgan fingerprint density at radius 2 is 2.06 bits per heavy atom. The molecule has 1 heterocycles. The van der Waals surface area contributed by atoms with Crippen LogP contribution in [-0.2, 0) is 0 Å². The van der Waals surface area contributed by atoms with Gasteiger partial charge >= 0.3 is 0 Å². The van der Waals surface area contributed by atoms with Gasteiger partial charge in [0.2, 0.25) is 0 Å². The second kappa shape index (κ2) is 5.59. The van der Waals surface area contributed by atoms with Crippen molar-refractivity contribution in [2.45, 2.75) is 18.9 Å².